The number of carbonyl (C=O) groups excluding carboxylic acids is 4. The van der Waals surface area contributed by atoms with Gasteiger partial charge in [0, 0.05) is 25.7 Å². The number of unbranched alkanes of at least 4 members (excludes halogenated alkanes) is 54. The van der Waals surface area contributed by atoms with Crippen molar-refractivity contribution in [1.82, 2.24) is 0 Å². The number of rotatable bonds is 85. The van der Waals surface area contributed by atoms with Crippen LogP contribution < -0.4 is 0 Å². The van der Waals surface area contributed by atoms with Crippen molar-refractivity contribution >= 4 is 39.5 Å². The lowest BCUT2D eigenvalue weighted by Gasteiger charge is -2.21. The molecule has 0 bridgehead atoms. The molecule has 0 rings (SSSR count). The molecule has 0 aromatic heterocycles. The van der Waals surface area contributed by atoms with E-state index in [1.807, 2.05) is 0 Å². The van der Waals surface area contributed by atoms with Gasteiger partial charge in [-0.05, 0) is 37.5 Å². The Morgan fingerprint density at radius 2 is 0.486 bits per heavy atom. The second-order valence-electron chi connectivity index (χ2n) is 31.6. The molecule has 0 aromatic carbocycles. The van der Waals surface area contributed by atoms with Gasteiger partial charge >= 0.3 is 39.5 Å². The van der Waals surface area contributed by atoms with Crippen LogP contribution in [0.1, 0.15) is 459 Å². The van der Waals surface area contributed by atoms with E-state index in [1.54, 1.807) is 0 Å². The van der Waals surface area contributed by atoms with Crippen molar-refractivity contribution in [2.75, 3.05) is 39.6 Å². The minimum Gasteiger partial charge on any atom is -0.462 e. The molecular formula is C86H168O17P2. The third kappa shape index (κ3) is 78.5. The second-order valence-corrected chi connectivity index (χ2v) is 34.6. The maximum absolute atomic E-state index is 13.2. The Labute approximate surface area is 645 Å². The zero-order valence-corrected chi connectivity index (χ0v) is 70.8. The molecule has 0 aromatic rings. The van der Waals surface area contributed by atoms with Crippen LogP contribution in [0.3, 0.4) is 0 Å². The maximum Gasteiger partial charge on any atom is 0.472 e. The monoisotopic (exact) mass is 1540 g/mol. The molecule has 6 atom stereocenters. The van der Waals surface area contributed by atoms with E-state index in [0.717, 1.165) is 102 Å². The molecule has 0 amide bonds. The molecule has 0 spiro atoms. The zero-order chi connectivity index (χ0) is 77.1. The fourth-order valence-electron chi connectivity index (χ4n) is 13.4. The summed E-state index contributed by atoms with van der Waals surface area (Å²) in [6, 6.07) is 0. The molecule has 3 unspecified atom stereocenters. The van der Waals surface area contributed by atoms with Gasteiger partial charge in [-0.1, -0.05) is 408 Å². The molecule has 19 heteroatoms. The number of hydrogen-bond acceptors (Lipinski definition) is 15. The summed E-state index contributed by atoms with van der Waals surface area (Å²) < 4.78 is 68.9. The highest BCUT2D eigenvalue weighted by molar-refractivity contribution is 7.47. The fraction of sp³-hybridized carbons (Fsp3) is 0.953. The first kappa shape index (κ1) is 103. The molecule has 0 aliphatic rings. The highest BCUT2D eigenvalue weighted by Crippen LogP contribution is 2.45. The molecule has 17 nitrogen and oxygen atoms in total. The van der Waals surface area contributed by atoms with E-state index < -0.39 is 97.5 Å². The lowest BCUT2D eigenvalue weighted by atomic mass is 9.99. The topological polar surface area (TPSA) is 237 Å². The third-order valence-corrected chi connectivity index (χ3v) is 22.5. The van der Waals surface area contributed by atoms with Crippen LogP contribution in [0.15, 0.2) is 0 Å². The van der Waals surface area contributed by atoms with Gasteiger partial charge in [-0.25, -0.2) is 9.13 Å². The van der Waals surface area contributed by atoms with E-state index in [9.17, 15) is 43.2 Å². The highest BCUT2D eigenvalue weighted by atomic mass is 31.2. The van der Waals surface area contributed by atoms with E-state index in [1.165, 1.54) is 276 Å². The molecule has 0 heterocycles. The third-order valence-electron chi connectivity index (χ3n) is 20.6. The molecule has 3 N–H and O–H groups in total. The Hall–Kier alpha value is -1.94. The predicted octanol–water partition coefficient (Wildman–Crippen LogP) is 26.2. The lowest BCUT2D eigenvalue weighted by Crippen LogP contribution is -2.30. The molecule has 0 radical (unpaired) electrons. The summed E-state index contributed by atoms with van der Waals surface area (Å²) in [5, 5.41) is 10.7. The van der Waals surface area contributed by atoms with Crippen molar-refractivity contribution in [2.45, 2.75) is 477 Å². The second kappa shape index (κ2) is 77.4. The van der Waals surface area contributed by atoms with Crippen molar-refractivity contribution in [3.63, 3.8) is 0 Å². The van der Waals surface area contributed by atoms with Crippen LogP contribution in [0.4, 0.5) is 0 Å². The highest BCUT2D eigenvalue weighted by Gasteiger charge is 2.30. The fourth-order valence-corrected chi connectivity index (χ4v) is 15.0. The van der Waals surface area contributed by atoms with Crippen molar-refractivity contribution in [1.29, 1.82) is 0 Å². The molecular weight excluding hydrogens is 1370 g/mol. The first-order valence-corrected chi connectivity index (χ1v) is 47.5. The Morgan fingerprint density at radius 3 is 0.724 bits per heavy atom. The predicted molar refractivity (Wildman–Crippen MR) is 432 cm³/mol. The average molecular weight is 1540 g/mol. The molecule has 0 saturated heterocycles. The van der Waals surface area contributed by atoms with Crippen molar-refractivity contribution in [3.8, 4) is 0 Å². The number of carbonyl (C=O) groups is 4. The van der Waals surface area contributed by atoms with E-state index in [0.29, 0.717) is 25.7 Å². The van der Waals surface area contributed by atoms with Gasteiger partial charge in [-0.15, -0.1) is 0 Å². The van der Waals surface area contributed by atoms with Gasteiger partial charge in [0.05, 0.1) is 26.4 Å². The van der Waals surface area contributed by atoms with Crippen LogP contribution in [-0.2, 0) is 65.4 Å². The lowest BCUT2D eigenvalue weighted by molar-refractivity contribution is -0.161. The van der Waals surface area contributed by atoms with Gasteiger partial charge in [0.25, 0.3) is 0 Å². The van der Waals surface area contributed by atoms with Gasteiger partial charge in [-0.3, -0.25) is 37.3 Å². The Morgan fingerprint density at radius 1 is 0.276 bits per heavy atom. The van der Waals surface area contributed by atoms with Gasteiger partial charge in [0.15, 0.2) is 12.2 Å². The van der Waals surface area contributed by atoms with E-state index in [-0.39, 0.29) is 25.7 Å². The van der Waals surface area contributed by atoms with E-state index in [4.69, 9.17) is 37.0 Å². The number of hydrogen-bond donors (Lipinski definition) is 3. The summed E-state index contributed by atoms with van der Waals surface area (Å²) in [6.45, 7) is 9.77. The van der Waals surface area contributed by atoms with Gasteiger partial charge in [0.2, 0.25) is 0 Å². The SMILES string of the molecule is CCCCCCCCCCCCCCCCC(=O)O[C@H](COC(=O)CCCCCCCCCCCCCC)COP(=O)(O)OC[C@H](O)COP(=O)(O)OC[C@@H](COC(=O)CCCCCCCCCCCCCCCCC(C)CC)OC(=O)CCCCCCCCCCCCCCCCCCCCC(C)C. The quantitative estimate of drug-likeness (QED) is 0.0222. The van der Waals surface area contributed by atoms with Crippen LogP contribution in [-0.4, -0.2) is 96.7 Å². The zero-order valence-electron chi connectivity index (χ0n) is 69.0. The van der Waals surface area contributed by atoms with E-state index in [2.05, 4.69) is 41.5 Å². The summed E-state index contributed by atoms with van der Waals surface area (Å²) in [4.78, 5) is 73.2. The minimum atomic E-state index is -4.97. The maximum atomic E-state index is 13.2. The van der Waals surface area contributed by atoms with Gasteiger partial charge in [0.1, 0.15) is 19.3 Å². The molecule has 105 heavy (non-hydrogen) atoms. The van der Waals surface area contributed by atoms with Crippen LogP contribution in [0.25, 0.3) is 0 Å². The Kier molecular flexibility index (Phi) is 76.0. The molecule has 0 fully saturated rings. The van der Waals surface area contributed by atoms with Gasteiger partial charge in [-0.2, -0.15) is 0 Å². The number of aliphatic hydroxyl groups is 1. The number of phosphoric ester groups is 2. The van der Waals surface area contributed by atoms with E-state index >= 15 is 0 Å². The van der Waals surface area contributed by atoms with Crippen LogP contribution in [0.5, 0.6) is 0 Å². The summed E-state index contributed by atoms with van der Waals surface area (Å²) in [5.74, 6) is -0.429. The molecule has 624 valence electrons. The van der Waals surface area contributed by atoms with Crippen molar-refractivity contribution in [2.24, 2.45) is 11.8 Å². The normalized spacial score (nSPS) is 14.1. The van der Waals surface area contributed by atoms with Crippen LogP contribution in [0, 0.1) is 11.8 Å². The summed E-state index contributed by atoms with van der Waals surface area (Å²) in [5.41, 5.74) is 0. The van der Waals surface area contributed by atoms with Gasteiger partial charge < -0.3 is 33.8 Å². The summed E-state index contributed by atoms with van der Waals surface area (Å²) in [6.07, 6.45) is 69.2. The number of aliphatic hydroxyl groups excluding tert-OH is 1. The minimum absolute atomic E-state index is 0.109. The van der Waals surface area contributed by atoms with Crippen molar-refractivity contribution in [3.05, 3.63) is 0 Å². The number of ether oxygens (including phenoxy) is 4. The summed E-state index contributed by atoms with van der Waals surface area (Å²) >= 11 is 0. The average Bonchev–Trinajstić information content (AvgIpc) is 1.00. The van der Waals surface area contributed by atoms with Crippen LogP contribution >= 0.6 is 15.6 Å². The van der Waals surface area contributed by atoms with Crippen LogP contribution in [0.2, 0.25) is 0 Å². The smallest absolute Gasteiger partial charge is 0.462 e. The Balaban J connectivity index is 5.25. The molecule has 0 saturated carbocycles. The Bertz CT molecular complexity index is 2010. The summed E-state index contributed by atoms with van der Waals surface area (Å²) in [7, 11) is -9.93. The number of esters is 4. The molecule has 0 aliphatic heterocycles. The molecule has 0 aliphatic carbocycles. The standard InChI is InChI=1S/C86H168O17P2/c1-7-10-12-14-16-18-20-22-33-40-46-52-58-64-70-85(90)102-81(74-96-83(88)68-62-56-50-44-38-21-19-17-15-13-11-8-2)76-100-104(92,93)98-72-80(87)73-99-105(94,95)101-77-82(75-97-84(89)69-63-57-51-45-39-34-30-29-32-37-43-49-55-61-67-79(6)9-3)103-86(91)71-65-59-53-47-41-35-28-26-24-23-25-27-31-36-42-48-54-60-66-78(4)5/h78-82,87H,7-77H2,1-6H3,(H,92,93)(H,94,95)/t79?,80-,81+,82+/m0/s1. The van der Waals surface area contributed by atoms with Crippen molar-refractivity contribution < 1.29 is 80.2 Å². The largest absolute Gasteiger partial charge is 0.472 e. The number of phosphoric acid groups is 2. The first-order chi connectivity index (χ1) is 50.9. The first-order valence-electron chi connectivity index (χ1n) is 44.5.